The van der Waals surface area contributed by atoms with Gasteiger partial charge in [0.1, 0.15) is 12.2 Å². The van der Waals surface area contributed by atoms with Crippen LogP contribution in [-0.4, -0.2) is 36.3 Å². The van der Waals surface area contributed by atoms with Gasteiger partial charge in [-0.3, -0.25) is 4.79 Å². The minimum atomic E-state index is -1.10. The topological polar surface area (TPSA) is 84.9 Å². The summed E-state index contributed by atoms with van der Waals surface area (Å²) in [7, 11) is 1.61. The maximum atomic E-state index is 12.3. The largest absolute Gasteiger partial charge is 0.478 e. The van der Waals surface area contributed by atoms with Crippen LogP contribution in [-0.2, 0) is 20.9 Å². The average Bonchev–Trinajstić information content (AvgIpc) is 2.86. The Labute approximate surface area is 197 Å². The lowest BCUT2D eigenvalue weighted by Crippen LogP contribution is -2.29. The molecule has 2 unspecified atom stereocenters. The number of nitrogens with one attached hydrogen (secondary N) is 1. The van der Waals surface area contributed by atoms with Gasteiger partial charge in [0.05, 0.1) is 17.9 Å². The molecule has 6 heteroatoms. The van der Waals surface area contributed by atoms with Crippen LogP contribution in [0.15, 0.2) is 103 Å². The first-order valence-electron chi connectivity index (χ1n) is 10.9. The van der Waals surface area contributed by atoms with Crippen LogP contribution in [0.3, 0.4) is 0 Å². The number of ether oxygens (including phenoxy) is 2. The van der Waals surface area contributed by atoms with Gasteiger partial charge in [0, 0.05) is 13.2 Å². The van der Waals surface area contributed by atoms with Gasteiger partial charge in [-0.25, -0.2) is 4.79 Å². The molecule has 0 aliphatic heterocycles. The summed E-state index contributed by atoms with van der Waals surface area (Å²) >= 11 is 0. The number of benzene rings is 3. The zero-order valence-electron chi connectivity index (χ0n) is 18.7. The first kappa shape index (κ1) is 23.2. The van der Waals surface area contributed by atoms with Gasteiger partial charge in [0.2, 0.25) is 5.91 Å². The Bertz CT molecular complexity index is 1290. The fourth-order valence-corrected chi connectivity index (χ4v) is 3.77. The molecule has 3 aromatic carbocycles. The van der Waals surface area contributed by atoms with Gasteiger partial charge in [-0.1, -0.05) is 60.7 Å². The molecule has 0 saturated carbocycles. The van der Waals surface area contributed by atoms with Gasteiger partial charge in [-0.2, -0.15) is 0 Å². The number of carbonyl (C=O) groups is 2. The Morgan fingerprint density at radius 1 is 1.00 bits per heavy atom. The molecule has 0 bridgehead atoms. The quantitative estimate of drug-likeness (QED) is 0.460. The SMILES string of the molecule is COC1C=C(/C=C/C(=O)Nc2ccccc2C(=O)O)C=CC1OCc1ccc2ccccc2c1. The molecule has 4 rings (SSSR count). The predicted molar refractivity (Wildman–Crippen MR) is 132 cm³/mol. The van der Waals surface area contributed by atoms with E-state index in [2.05, 4.69) is 35.6 Å². The van der Waals surface area contributed by atoms with Crippen LogP contribution in [0.1, 0.15) is 15.9 Å². The van der Waals surface area contributed by atoms with E-state index < -0.39 is 11.9 Å². The number of carboxylic acids is 1. The van der Waals surface area contributed by atoms with Crippen molar-refractivity contribution in [2.75, 3.05) is 12.4 Å². The number of carboxylic acid groups (broad SMARTS) is 1. The predicted octanol–water partition coefficient (Wildman–Crippen LogP) is 5.13. The Hall–Kier alpha value is -4.00. The molecule has 0 radical (unpaired) electrons. The third kappa shape index (κ3) is 5.67. The minimum absolute atomic E-state index is 0.0341. The van der Waals surface area contributed by atoms with Crippen LogP contribution in [0.25, 0.3) is 10.8 Å². The van der Waals surface area contributed by atoms with Gasteiger partial charge in [0.15, 0.2) is 0 Å². The maximum absolute atomic E-state index is 12.3. The van der Waals surface area contributed by atoms with Crippen molar-refractivity contribution in [1.82, 2.24) is 0 Å². The van der Waals surface area contributed by atoms with Crippen molar-refractivity contribution in [3.8, 4) is 0 Å². The Kier molecular flexibility index (Phi) is 7.32. The molecular formula is C28H25NO5. The third-order valence-electron chi connectivity index (χ3n) is 5.53. The van der Waals surface area contributed by atoms with Crippen LogP contribution in [0.4, 0.5) is 5.69 Å². The molecule has 0 aromatic heterocycles. The third-order valence-corrected chi connectivity index (χ3v) is 5.53. The molecule has 0 spiro atoms. The van der Waals surface area contributed by atoms with Gasteiger partial charge in [-0.05, 0) is 52.3 Å². The number of rotatable bonds is 8. The second-order valence-corrected chi connectivity index (χ2v) is 7.86. The number of hydrogen-bond donors (Lipinski definition) is 2. The van der Waals surface area contributed by atoms with E-state index in [1.54, 1.807) is 31.4 Å². The molecule has 34 heavy (non-hydrogen) atoms. The van der Waals surface area contributed by atoms with Gasteiger partial charge in [0.25, 0.3) is 0 Å². The highest BCUT2D eigenvalue weighted by molar-refractivity contribution is 6.04. The molecule has 3 aromatic rings. The molecular weight excluding hydrogens is 430 g/mol. The number of para-hydroxylation sites is 1. The first-order valence-corrected chi connectivity index (χ1v) is 10.9. The van der Waals surface area contributed by atoms with Crippen LogP contribution < -0.4 is 5.32 Å². The average molecular weight is 456 g/mol. The number of hydrogen-bond acceptors (Lipinski definition) is 4. The lowest BCUT2D eigenvalue weighted by Gasteiger charge is -2.24. The lowest BCUT2D eigenvalue weighted by atomic mass is 10.0. The van der Waals surface area contributed by atoms with Crippen molar-refractivity contribution in [2.24, 2.45) is 0 Å². The summed E-state index contributed by atoms with van der Waals surface area (Å²) in [6, 6.07) is 20.7. The molecule has 2 atom stereocenters. The van der Waals surface area contributed by atoms with Crippen molar-refractivity contribution >= 4 is 28.3 Å². The van der Waals surface area contributed by atoms with E-state index in [1.165, 1.54) is 22.9 Å². The van der Waals surface area contributed by atoms with E-state index in [4.69, 9.17) is 9.47 Å². The Morgan fingerprint density at radius 2 is 1.76 bits per heavy atom. The fourth-order valence-electron chi connectivity index (χ4n) is 3.77. The summed E-state index contributed by atoms with van der Waals surface area (Å²) in [5, 5.41) is 14.2. The minimum Gasteiger partial charge on any atom is -0.478 e. The second-order valence-electron chi connectivity index (χ2n) is 7.86. The zero-order valence-corrected chi connectivity index (χ0v) is 18.7. The monoisotopic (exact) mass is 455 g/mol. The van der Waals surface area contributed by atoms with Gasteiger partial charge in [-0.15, -0.1) is 0 Å². The van der Waals surface area contributed by atoms with Crippen LogP contribution in [0.2, 0.25) is 0 Å². The molecule has 0 saturated heterocycles. The van der Waals surface area contributed by atoms with Gasteiger partial charge < -0.3 is 19.9 Å². The normalized spacial score (nSPS) is 17.6. The van der Waals surface area contributed by atoms with E-state index in [-0.39, 0.29) is 23.5 Å². The highest BCUT2D eigenvalue weighted by atomic mass is 16.5. The van der Waals surface area contributed by atoms with Crippen molar-refractivity contribution in [3.05, 3.63) is 114 Å². The summed E-state index contributed by atoms with van der Waals surface area (Å²) in [6.45, 7) is 0.449. The summed E-state index contributed by atoms with van der Waals surface area (Å²) in [4.78, 5) is 23.6. The number of amides is 1. The van der Waals surface area contributed by atoms with Crippen LogP contribution >= 0.6 is 0 Å². The summed E-state index contributed by atoms with van der Waals surface area (Å²) in [6.07, 6.45) is 8.12. The van der Waals surface area contributed by atoms with Crippen molar-refractivity contribution in [1.29, 1.82) is 0 Å². The number of methoxy groups -OCH3 is 1. The molecule has 0 fully saturated rings. The van der Waals surface area contributed by atoms with Crippen molar-refractivity contribution in [3.63, 3.8) is 0 Å². The fraction of sp³-hybridized carbons (Fsp3) is 0.143. The molecule has 1 aliphatic carbocycles. The van der Waals surface area contributed by atoms with E-state index in [0.29, 0.717) is 6.61 Å². The van der Waals surface area contributed by atoms with E-state index >= 15 is 0 Å². The van der Waals surface area contributed by atoms with Crippen molar-refractivity contribution < 1.29 is 24.2 Å². The number of carbonyl (C=O) groups excluding carboxylic acids is 1. The van der Waals surface area contributed by atoms with E-state index in [0.717, 1.165) is 11.1 Å². The Morgan fingerprint density at radius 3 is 2.56 bits per heavy atom. The Balaban J connectivity index is 1.36. The van der Waals surface area contributed by atoms with Crippen LogP contribution in [0.5, 0.6) is 0 Å². The van der Waals surface area contributed by atoms with E-state index in [1.807, 2.05) is 30.4 Å². The molecule has 172 valence electrons. The standard InChI is InChI=1S/C28H25NO5/c1-33-26-17-19(12-15-27(30)29-24-9-5-4-8-23(24)28(31)32)11-14-25(26)34-18-20-10-13-21-6-2-3-7-22(21)16-20/h2-17,25-26H,18H2,1H3,(H,29,30)(H,31,32)/b15-12+. The summed E-state index contributed by atoms with van der Waals surface area (Å²) in [5.74, 6) is -1.53. The summed E-state index contributed by atoms with van der Waals surface area (Å²) < 4.78 is 11.7. The highest BCUT2D eigenvalue weighted by Crippen LogP contribution is 2.21. The lowest BCUT2D eigenvalue weighted by molar-refractivity contribution is -0.111. The second kappa shape index (κ2) is 10.7. The number of fused-ring (bicyclic) bond motifs is 1. The van der Waals surface area contributed by atoms with Gasteiger partial charge >= 0.3 is 5.97 Å². The number of anilines is 1. The molecule has 0 heterocycles. The molecule has 1 aliphatic rings. The van der Waals surface area contributed by atoms with Crippen molar-refractivity contribution in [2.45, 2.75) is 18.8 Å². The first-order chi connectivity index (χ1) is 16.5. The zero-order chi connectivity index (χ0) is 23.9. The van der Waals surface area contributed by atoms with E-state index in [9.17, 15) is 14.7 Å². The highest BCUT2D eigenvalue weighted by Gasteiger charge is 2.21. The number of aromatic carboxylic acids is 1. The molecule has 1 amide bonds. The van der Waals surface area contributed by atoms with Crippen LogP contribution in [0, 0.1) is 0 Å². The maximum Gasteiger partial charge on any atom is 0.337 e. The number of allylic oxidation sites excluding steroid dienone is 3. The molecule has 2 N–H and O–H groups in total. The summed E-state index contributed by atoms with van der Waals surface area (Å²) in [5.41, 5.74) is 2.15. The molecule has 6 nitrogen and oxygen atoms in total. The smallest absolute Gasteiger partial charge is 0.337 e.